The number of rotatable bonds is 9. The Morgan fingerprint density at radius 1 is 1.35 bits per heavy atom. The van der Waals surface area contributed by atoms with E-state index in [0.717, 1.165) is 25.7 Å². The molecular weight excluding hydrogens is 212 g/mol. The quantitative estimate of drug-likeness (QED) is 0.476. The number of aliphatic hydroxyl groups excluding tert-OH is 1. The van der Waals surface area contributed by atoms with Gasteiger partial charge in [0.1, 0.15) is 0 Å². The maximum absolute atomic E-state index is 8.95. The first-order valence-corrected chi connectivity index (χ1v) is 6.46. The molecule has 2 heteroatoms. The molecule has 17 heavy (non-hydrogen) atoms. The molecule has 0 rings (SSSR count). The van der Waals surface area contributed by atoms with Crippen molar-refractivity contribution in [1.29, 1.82) is 0 Å². The Morgan fingerprint density at radius 2 is 2.06 bits per heavy atom. The third-order valence-corrected chi connectivity index (χ3v) is 2.80. The smallest absolute Gasteiger partial charge is 0.154 e. The Hall–Kier alpha value is -0.860. The molecule has 0 aromatic heterocycles. The van der Waals surface area contributed by atoms with Crippen molar-refractivity contribution in [2.75, 3.05) is 0 Å². The second kappa shape index (κ2) is 10.3. The van der Waals surface area contributed by atoms with Gasteiger partial charge in [0.25, 0.3) is 0 Å². The summed E-state index contributed by atoms with van der Waals surface area (Å²) in [5, 5.41) is 17.9. The van der Waals surface area contributed by atoms with E-state index in [1.807, 2.05) is 13.0 Å². The Bertz CT molecular complexity index is 252. The first-order chi connectivity index (χ1) is 8.11. The van der Waals surface area contributed by atoms with E-state index in [1.165, 1.54) is 12.0 Å². The molecule has 2 nitrogen and oxygen atoms in total. The highest BCUT2D eigenvalue weighted by Crippen LogP contribution is 2.15. The first-order valence-electron chi connectivity index (χ1n) is 6.46. The lowest BCUT2D eigenvalue weighted by Gasteiger charge is -2.12. The Kier molecular flexibility index (Phi) is 9.78. The van der Waals surface area contributed by atoms with Crippen molar-refractivity contribution in [2.45, 2.75) is 52.2 Å². The highest BCUT2D eigenvalue weighted by atomic mass is 16.5. The zero-order valence-corrected chi connectivity index (χ0v) is 11.1. The standard InChI is InChI=1S/C15H26O2/c1-4-6-7-8-11-14(5-2)12-9-10-13(3)15(16)17/h5,7-8,11,13,15-17H,2,4,6,9-10,12H2,1,3H3/b8-7+,14-11+. The fourth-order valence-corrected chi connectivity index (χ4v) is 1.49. The van der Waals surface area contributed by atoms with Crippen molar-refractivity contribution in [2.24, 2.45) is 5.92 Å². The van der Waals surface area contributed by atoms with E-state index in [0.29, 0.717) is 0 Å². The Morgan fingerprint density at radius 3 is 2.59 bits per heavy atom. The topological polar surface area (TPSA) is 40.5 Å². The van der Waals surface area contributed by atoms with Crippen molar-refractivity contribution in [1.82, 2.24) is 0 Å². The highest BCUT2D eigenvalue weighted by Gasteiger charge is 2.09. The van der Waals surface area contributed by atoms with Gasteiger partial charge in [-0.2, -0.15) is 0 Å². The van der Waals surface area contributed by atoms with Gasteiger partial charge in [-0.25, -0.2) is 0 Å². The summed E-state index contributed by atoms with van der Waals surface area (Å²) in [6.45, 7) is 7.80. The predicted molar refractivity (Wildman–Crippen MR) is 73.6 cm³/mol. The predicted octanol–water partition coefficient (Wildman–Crippen LogP) is 3.57. The maximum atomic E-state index is 8.95. The summed E-state index contributed by atoms with van der Waals surface area (Å²) in [6.07, 6.45) is 12.0. The van der Waals surface area contributed by atoms with Crippen LogP contribution in [-0.4, -0.2) is 16.5 Å². The van der Waals surface area contributed by atoms with Crippen LogP contribution in [0.15, 0.2) is 36.5 Å². The number of hydrogen-bond donors (Lipinski definition) is 2. The fraction of sp³-hybridized carbons (Fsp3) is 0.600. The summed E-state index contributed by atoms with van der Waals surface area (Å²) < 4.78 is 0. The van der Waals surface area contributed by atoms with Crippen molar-refractivity contribution >= 4 is 0 Å². The van der Waals surface area contributed by atoms with Crippen LogP contribution in [0.4, 0.5) is 0 Å². The van der Waals surface area contributed by atoms with E-state index in [9.17, 15) is 0 Å². The molecule has 0 spiro atoms. The average Bonchev–Trinajstić information content (AvgIpc) is 2.31. The van der Waals surface area contributed by atoms with Gasteiger partial charge in [-0.15, -0.1) is 0 Å². The molecule has 0 amide bonds. The Balaban J connectivity index is 3.93. The number of hydrogen-bond acceptors (Lipinski definition) is 2. The summed E-state index contributed by atoms with van der Waals surface area (Å²) in [4.78, 5) is 0. The SMILES string of the molecule is C=C/C(=C\C=C\CCC)CCCC(C)C(O)O. The average molecular weight is 238 g/mol. The van der Waals surface area contributed by atoms with Crippen molar-refractivity contribution in [3.63, 3.8) is 0 Å². The normalized spacial score (nSPS) is 14.5. The van der Waals surface area contributed by atoms with Gasteiger partial charge in [0.2, 0.25) is 0 Å². The molecule has 0 aromatic carbocycles. The molecule has 0 saturated heterocycles. The summed E-state index contributed by atoms with van der Waals surface area (Å²) in [5.74, 6) is -0.0586. The zero-order chi connectivity index (χ0) is 13.1. The van der Waals surface area contributed by atoms with Crippen LogP contribution in [0.25, 0.3) is 0 Å². The minimum atomic E-state index is -1.20. The Labute approximate surface area is 105 Å². The van der Waals surface area contributed by atoms with Crippen molar-refractivity contribution in [3.05, 3.63) is 36.5 Å². The summed E-state index contributed by atoms with van der Waals surface area (Å²) in [6, 6.07) is 0. The third kappa shape index (κ3) is 8.90. The molecule has 98 valence electrons. The van der Waals surface area contributed by atoms with Crippen molar-refractivity contribution < 1.29 is 10.2 Å². The van der Waals surface area contributed by atoms with Crippen LogP contribution in [0, 0.1) is 5.92 Å². The first kappa shape index (κ1) is 16.1. The summed E-state index contributed by atoms with van der Waals surface area (Å²) in [7, 11) is 0. The molecule has 0 radical (unpaired) electrons. The highest BCUT2D eigenvalue weighted by molar-refractivity contribution is 5.21. The van der Waals surface area contributed by atoms with E-state index in [-0.39, 0.29) is 5.92 Å². The molecule has 0 bridgehead atoms. The van der Waals surface area contributed by atoms with Gasteiger partial charge in [-0.05, 0) is 31.3 Å². The lowest BCUT2D eigenvalue weighted by Crippen LogP contribution is -2.16. The van der Waals surface area contributed by atoms with Gasteiger partial charge in [-0.3, -0.25) is 0 Å². The van der Waals surface area contributed by atoms with Crippen molar-refractivity contribution in [3.8, 4) is 0 Å². The van der Waals surface area contributed by atoms with Crippen LogP contribution in [0.3, 0.4) is 0 Å². The molecular formula is C15H26O2. The van der Waals surface area contributed by atoms with Gasteiger partial charge in [0.15, 0.2) is 6.29 Å². The number of allylic oxidation sites excluding steroid dienone is 5. The molecule has 0 fully saturated rings. The second-order valence-electron chi connectivity index (χ2n) is 4.45. The monoisotopic (exact) mass is 238 g/mol. The molecule has 2 N–H and O–H groups in total. The second-order valence-corrected chi connectivity index (χ2v) is 4.45. The minimum absolute atomic E-state index is 0.0586. The largest absolute Gasteiger partial charge is 0.368 e. The molecule has 0 aliphatic carbocycles. The van der Waals surface area contributed by atoms with Crippen LogP contribution in [-0.2, 0) is 0 Å². The summed E-state index contributed by atoms with van der Waals surface area (Å²) >= 11 is 0. The van der Waals surface area contributed by atoms with Crippen LogP contribution in [0.2, 0.25) is 0 Å². The van der Waals surface area contributed by atoms with Gasteiger partial charge >= 0.3 is 0 Å². The minimum Gasteiger partial charge on any atom is -0.368 e. The van der Waals surface area contributed by atoms with E-state index in [2.05, 4.69) is 31.7 Å². The fourth-order valence-electron chi connectivity index (χ4n) is 1.49. The molecule has 0 saturated carbocycles. The van der Waals surface area contributed by atoms with E-state index >= 15 is 0 Å². The molecule has 0 aliphatic rings. The van der Waals surface area contributed by atoms with E-state index in [4.69, 9.17) is 10.2 Å². The van der Waals surface area contributed by atoms with E-state index in [1.54, 1.807) is 0 Å². The zero-order valence-electron chi connectivity index (χ0n) is 11.1. The molecule has 1 atom stereocenters. The molecule has 0 aromatic rings. The molecule has 1 unspecified atom stereocenters. The lowest BCUT2D eigenvalue weighted by atomic mass is 10.0. The summed E-state index contributed by atoms with van der Waals surface area (Å²) in [5.41, 5.74) is 1.21. The molecule has 0 aliphatic heterocycles. The maximum Gasteiger partial charge on any atom is 0.154 e. The van der Waals surface area contributed by atoms with Gasteiger partial charge < -0.3 is 10.2 Å². The molecule has 0 heterocycles. The van der Waals surface area contributed by atoms with E-state index < -0.39 is 6.29 Å². The van der Waals surface area contributed by atoms with Gasteiger partial charge in [-0.1, -0.05) is 51.2 Å². The number of unbranched alkanes of at least 4 members (excludes halogenated alkanes) is 1. The van der Waals surface area contributed by atoms with Crippen LogP contribution in [0.1, 0.15) is 46.0 Å². The van der Waals surface area contributed by atoms with Gasteiger partial charge in [0, 0.05) is 5.92 Å². The lowest BCUT2D eigenvalue weighted by molar-refractivity contribution is -0.0806. The number of aliphatic hydroxyl groups is 2. The van der Waals surface area contributed by atoms with Crippen LogP contribution >= 0.6 is 0 Å². The van der Waals surface area contributed by atoms with Crippen LogP contribution in [0.5, 0.6) is 0 Å². The third-order valence-electron chi connectivity index (χ3n) is 2.80. The van der Waals surface area contributed by atoms with Gasteiger partial charge in [0.05, 0.1) is 0 Å². The van der Waals surface area contributed by atoms with Crippen LogP contribution < -0.4 is 0 Å².